The van der Waals surface area contributed by atoms with Crippen molar-refractivity contribution >= 4 is 22.9 Å². The van der Waals surface area contributed by atoms with Gasteiger partial charge in [0.25, 0.3) is 0 Å². The molecule has 0 unspecified atom stereocenters. The minimum Gasteiger partial charge on any atom is -0.326 e. The quantitative estimate of drug-likeness (QED) is 0.640. The van der Waals surface area contributed by atoms with Gasteiger partial charge in [-0.2, -0.15) is 5.10 Å². The van der Waals surface area contributed by atoms with E-state index in [2.05, 4.69) is 46.3 Å². The zero-order valence-corrected chi connectivity index (χ0v) is 15.9. The molecule has 1 amide bonds. The SMILES string of the molecule is CC(C)(C)c1nc(CC(=O)Nc2ccc(-c3n[nH]c(CN)n3)cc2)cs1. The van der Waals surface area contributed by atoms with E-state index in [4.69, 9.17) is 5.73 Å². The van der Waals surface area contributed by atoms with E-state index in [1.165, 1.54) is 0 Å². The Bertz CT molecular complexity index is 891. The van der Waals surface area contributed by atoms with Crippen LogP contribution in [0.2, 0.25) is 0 Å². The van der Waals surface area contributed by atoms with Crippen LogP contribution in [0.4, 0.5) is 5.69 Å². The lowest BCUT2D eigenvalue weighted by Gasteiger charge is -2.13. The highest BCUT2D eigenvalue weighted by Gasteiger charge is 2.18. The number of hydrogen-bond donors (Lipinski definition) is 3. The van der Waals surface area contributed by atoms with Crippen LogP contribution < -0.4 is 11.1 Å². The molecule has 136 valence electrons. The Kier molecular flexibility index (Phi) is 5.15. The van der Waals surface area contributed by atoms with Crippen LogP contribution in [-0.2, 0) is 23.2 Å². The van der Waals surface area contributed by atoms with Crippen LogP contribution in [0, 0.1) is 0 Å². The van der Waals surface area contributed by atoms with Gasteiger partial charge in [0.15, 0.2) is 5.82 Å². The van der Waals surface area contributed by atoms with E-state index in [1.54, 1.807) is 11.3 Å². The molecule has 1 aromatic carbocycles. The van der Waals surface area contributed by atoms with E-state index < -0.39 is 0 Å². The van der Waals surface area contributed by atoms with Crippen LogP contribution in [0.3, 0.4) is 0 Å². The number of nitrogens with zero attached hydrogens (tertiary/aromatic N) is 3. The first-order valence-electron chi connectivity index (χ1n) is 8.31. The number of anilines is 1. The first kappa shape index (κ1) is 18.2. The lowest BCUT2D eigenvalue weighted by Crippen LogP contribution is -2.15. The number of nitrogens with one attached hydrogen (secondary N) is 2. The predicted molar refractivity (Wildman–Crippen MR) is 103 cm³/mol. The second-order valence-corrected chi connectivity index (χ2v) is 7.86. The number of thiazole rings is 1. The van der Waals surface area contributed by atoms with E-state index in [1.807, 2.05) is 29.6 Å². The smallest absolute Gasteiger partial charge is 0.230 e. The van der Waals surface area contributed by atoms with E-state index >= 15 is 0 Å². The summed E-state index contributed by atoms with van der Waals surface area (Å²) in [4.78, 5) is 21.1. The van der Waals surface area contributed by atoms with Crippen molar-refractivity contribution in [3.63, 3.8) is 0 Å². The largest absolute Gasteiger partial charge is 0.326 e. The third kappa shape index (κ3) is 4.33. The first-order valence-corrected chi connectivity index (χ1v) is 9.19. The number of carbonyl (C=O) groups excluding carboxylic acids is 1. The highest BCUT2D eigenvalue weighted by molar-refractivity contribution is 7.09. The van der Waals surface area contributed by atoms with Gasteiger partial charge in [-0.25, -0.2) is 9.97 Å². The fraction of sp³-hybridized carbons (Fsp3) is 0.333. The Balaban J connectivity index is 1.61. The molecule has 0 atom stereocenters. The summed E-state index contributed by atoms with van der Waals surface area (Å²) < 4.78 is 0. The summed E-state index contributed by atoms with van der Waals surface area (Å²) >= 11 is 1.59. The number of H-pyrrole nitrogens is 1. The summed E-state index contributed by atoms with van der Waals surface area (Å²) in [6.45, 7) is 6.65. The first-order chi connectivity index (χ1) is 12.3. The number of hydrogen-bond acceptors (Lipinski definition) is 6. The van der Waals surface area contributed by atoms with Crippen LogP contribution in [0.5, 0.6) is 0 Å². The zero-order chi connectivity index (χ0) is 18.7. The van der Waals surface area contributed by atoms with Gasteiger partial charge in [-0.05, 0) is 24.3 Å². The van der Waals surface area contributed by atoms with Crippen molar-refractivity contribution in [2.75, 3.05) is 5.32 Å². The number of amides is 1. The fourth-order valence-electron chi connectivity index (χ4n) is 2.32. The van der Waals surface area contributed by atoms with Gasteiger partial charge in [0.1, 0.15) is 5.82 Å². The van der Waals surface area contributed by atoms with Gasteiger partial charge in [-0.1, -0.05) is 20.8 Å². The molecule has 0 fully saturated rings. The standard InChI is InChI=1S/C18H22N6OS/c1-18(2,3)17-21-13(10-26-17)8-15(25)20-12-6-4-11(5-7-12)16-22-14(9-19)23-24-16/h4-7,10H,8-9,19H2,1-3H3,(H,20,25)(H,22,23,24). The van der Waals surface area contributed by atoms with Gasteiger partial charge in [0.2, 0.25) is 5.91 Å². The van der Waals surface area contributed by atoms with E-state index in [9.17, 15) is 4.79 Å². The van der Waals surface area contributed by atoms with E-state index in [0.717, 1.165) is 22.0 Å². The molecule has 0 saturated heterocycles. The summed E-state index contributed by atoms with van der Waals surface area (Å²) in [7, 11) is 0. The van der Waals surface area contributed by atoms with Gasteiger partial charge < -0.3 is 11.1 Å². The molecular formula is C18H22N6OS. The Morgan fingerprint density at radius 3 is 2.54 bits per heavy atom. The normalized spacial score (nSPS) is 11.5. The number of carbonyl (C=O) groups is 1. The molecule has 0 aliphatic rings. The van der Waals surface area contributed by atoms with Gasteiger partial charge in [0.05, 0.1) is 23.7 Å². The molecule has 0 aliphatic carbocycles. The highest BCUT2D eigenvalue weighted by atomic mass is 32.1. The molecule has 7 nitrogen and oxygen atoms in total. The summed E-state index contributed by atoms with van der Waals surface area (Å²) in [5.41, 5.74) is 7.89. The lowest BCUT2D eigenvalue weighted by atomic mass is 9.98. The minimum atomic E-state index is -0.0909. The Labute approximate surface area is 156 Å². The van der Waals surface area contributed by atoms with Crippen molar-refractivity contribution in [2.24, 2.45) is 5.73 Å². The summed E-state index contributed by atoms with van der Waals surface area (Å²) in [6, 6.07) is 7.37. The van der Waals surface area contributed by atoms with Crippen molar-refractivity contribution in [1.29, 1.82) is 0 Å². The third-order valence-electron chi connectivity index (χ3n) is 3.69. The van der Waals surface area contributed by atoms with Gasteiger partial charge in [-0.15, -0.1) is 11.3 Å². The summed E-state index contributed by atoms with van der Waals surface area (Å²) in [5, 5.41) is 12.8. The number of aromatic nitrogens is 4. The van der Waals surface area contributed by atoms with E-state index in [-0.39, 0.29) is 17.7 Å². The number of benzene rings is 1. The Morgan fingerprint density at radius 1 is 1.23 bits per heavy atom. The number of aromatic amines is 1. The van der Waals surface area contributed by atoms with Crippen LogP contribution in [0.1, 0.15) is 37.3 Å². The van der Waals surface area contributed by atoms with Crippen LogP contribution in [0.15, 0.2) is 29.6 Å². The molecule has 0 aliphatic heterocycles. The Hall–Kier alpha value is -2.58. The molecule has 0 radical (unpaired) electrons. The molecule has 4 N–H and O–H groups in total. The molecule has 2 aromatic heterocycles. The van der Waals surface area contributed by atoms with Crippen LogP contribution in [-0.4, -0.2) is 26.1 Å². The van der Waals surface area contributed by atoms with Crippen LogP contribution in [0.25, 0.3) is 11.4 Å². The van der Waals surface area contributed by atoms with Gasteiger partial charge in [-0.3, -0.25) is 9.89 Å². The van der Waals surface area contributed by atoms with Crippen molar-refractivity contribution in [2.45, 2.75) is 39.2 Å². The highest BCUT2D eigenvalue weighted by Crippen LogP contribution is 2.26. The molecule has 0 saturated carbocycles. The molecular weight excluding hydrogens is 348 g/mol. The second-order valence-electron chi connectivity index (χ2n) is 7.01. The maximum atomic E-state index is 12.2. The topological polar surface area (TPSA) is 110 Å². The molecule has 0 bridgehead atoms. The maximum Gasteiger partial charge on any atom is 0.230 e. The summed E-state index contributed by atoms with van der Waals surface area (Å²) in [6.07, 6.45) is 0.259. The predicted octanol–water partition coefficient (Wildman–Crippen LogP) is 2.87. The Morgan fingerprint density at radius 2 is 1.96 bits per heavy atom. The fourth-order valence-corrected chi connectivity index (χ4v) is 3.23. The van der Waals surface area contributed by atoms with Crippen LogP contribution >= 0.6 is 11.3 Å². The summed E-state index contributed by atoms with van der Waals surface area (Å²) in [5.74, 6) is 1.13. The average molecular weight is 370 g/mol. The minimum absolute atomic E-state index is 0.000707. The molecule has 2 heterocycles. The maximum absolute atomic E-state index is 12.2. The monoisotopic (exact) mass is 370 g/mol. The molecule has 3 aromatic rings. The molecule has 26 heavy (non-hydrogen) atoms. The van der Waals surface area contributed by atoms with Crippen molar-refractivity contribution in [1.82, 2.24) is 20.2 Å². The number of rotatable bonds is 5. The van der Waals surface area contributed by atoms with Gasteiger partial charge >= 0.3 is 0 Å². The van der Waals surface area contributed by atoms with Crippen molar-refractivity contribution in [3.8, 4) is 11.4 Å². The molecule has 3 rings (SSSR count). The lowest BCUT2D eigenvalue weighted by molar-refractivity contribution is -0.115. The van der Waals surface area contributed by atoms with Gasteiger partial charge in [0, 0.05) is 22.0 Å². The average Bonchev–Trinajstić information content (AvgIpc) is 3.24. The van der Waals surface area contributed by atoms with Crippen molar-refractivity contribution < 1.29 is 4.79 Å². The second kappa shape index (κ2) is 7.35. The zero-order valence-electron chi connectivity index (χ0n) is 15.0. The third-order valence-corrected chi connectivity index (χ3v) is 5.00. The van der Waals surface area contributed by atoms with E-state index in [0.29, 0.717) is 18.2 Å². The molecule has 8 heteroatoms. The van der Waals surface area contributed by atoms with Crippen molar-refractivity contribution in [3.05, 3.63) is 46.2 Å². The molecule has 0 spiro atoms. The number of nitrogens with two attached hydrogens (primary N) is 1.